The number of carbonyl (C=O) groups excluding carboxylic acids is 2. The minimum absolute atomic E-state index is 0.0346. The molecule has 0 saturated carbocycles. The standard InChI is InChI=1S/C25H19NO4S/c1-14-7-5-9-17(15(14)2)26-22(20-11-6-12-31-20)21(24(28)25(26)29)23(27)19-13-16-8-3-4-10-18(16)30-19/h3-13,22,28H,1-2H3. The van der Waals surface area contributed by atoms with Gasteiger partial charge in [-0.05, 0) is 54.6 Å². The Morgan fingerprint density at radius 1 is 1.06 bits per heavy atom. The van der Waals surface area contributed by atoms with E-state index >= 15 is 0 Å². The van der Waals surface area contributed by atoms with E-state index in [1.807, 2.05) is 67.8 Å². The quantitative estimate of drug-likeness (QED) is 0.410. The summed E-state index contributed by atoms with van der Waals surface area (Å²) in [7, 11) is 0. The minimum atomic E-state index is -0.728. The number of nitrogens with zero attached hydrogens (tertiary/aromatic N) is 1. The lowest BCUT2D eigenvalue weighted by Crippen LogP contribution is -2.31. The maximum Gasteiger partial charge on any atom is 0.294 e. The fraction of sp³-hybridized carbons (Fsp3) is 0.120. The summed E-state index contributed by atoms with van der Waals surface area (Å²) in [5.41, 5.74) is 3.22. The summed E-state index contributed by atoms with van der Waals surface area (Å²) < 4.78 is 5.75. The van der Waals surface area contributed by atoms with Crippen LogP contribution in [-0.2, 0) is 4.79 Å². The molecule has 6 heteroatoms. The molecule has 5 rings (SSSR count). The van der Waals surface area contributed by atoms with E-state index in [4.69, 9.17) is 4.42 Å². The van der Waals surface area contributed by atoms with Gasteiger partial charge in [0, 0.05) is 16.0 Å². The Bertz CT molecular complexity index is 1330. The largest absolute Gasteiger partial charge is 0.503 e. The Kier molecular flexibility index (Phi) is 4.52. The lowest BCUT2D eigenvalue weighted by atomic mass is 9.99. The normalized spacial score (nSPS) is 16.5. The smallest absolute Gasteiger partial charge is 0.294 e. The number of hydrogen-bond donors (Lipinski definition) is 1. The van der Waals surface area contributed by atoms with Gasteiger partial charge in [-0.2, -0.15) is 0 Å². The topological polar surface area (TPSA) is 70.8 Å². The maximum atomic E-state index is 13.5. The third kappa shape index (κ3) is 2.99. The summed E-state index contributed by atoms with van der Waals surface area (Å²) in [6.07, 6.45) is 0. The van der Waals surface area contributed by atoms with Gasteiger partial charge >= 0.3 is 0 Å². The Morgan fingerprint density at radius 3 is 2.61 bits per heavy atom. The molecule has 2 aromatic heterocycles. The maximum absolute atomic E-state index is 13.5. The van der Waals surface area contributed by atoms with E-state index in [0.717, 1.165) is 21.4 Å². The Morgan fingerprint density at radius 2 is 1.87 bits per heavy atom. The number of thiophene rings is 1. The number of amides is 1. The van der Waals surface area contributed by atoms with Crippen molar-refractivity contribution in [3.63, 3.8) is 0 Å². The van der Waals surface area contributed by atoms with Crippen molar-refractivity contribution in [1.29, 1.82) is 0 Å². The van der Waals surface area contributed by atoms with Gasteiger partial charge < -0.3 is 9.52 Å². The van der Waals surface area contributed by atoms with Crippen LogP contribution in [0.15, 0.2) is 81.8 Å². The molecule has 0 saturated heterocycles. The zero-order valence-corrected chi connectivity index (χ0v) is 17.8. The van der Waals surface area contributed by atoms with E-state index in [2.05, 4.69) is 0 Å². The number of aliphatic hydroxyl groups excluding tert-OH is 1. The molecule has 0 spiro atoms. The molecular formula is C25H19NO4S. The fourth-order valence-electron chi connectivity index (χ4n) is 4.02. The van der Waals surface area contributed by atoms with E-state index in [1.165, 1.54) is 16.2 Å². The Labute approximate surface area is 182 Å². The van der Waals surface area contributed by atoms with Crippen LogP contribution in [0.2, 0.25) is 0 Å². The predicted octanol–water partition coefficient (Wildman–Crippen LogP) is 5.89. The van der Waals surface area contributed by atoms with Gasteiger partial charge in [0.25, 0.3) is 5.91 Å². The SMILES string of the molecule is Cc1cccc(N2C(=O)C(O)=C(C(=O)c3cc4ccccc4o3)C2c2cccs2)c1C. The van der Waals surface area contributed by atoms with E-state index in [0.29, 0.717) is 11.3 Å². The molecule has 2 aromatic carbocycles. The third-order valence-electron chi connectivity index (χ3n) is 5.75. The number of rotatable bonds is 4. The summed E-state index contributed by atoms with van der Waals surface area (Å²) in [4.78, 5) is 29.1. The second kappa shape index (κ2) is 7.25. The molecule has 3 heterocycles. The van der Waals surface area contributed by atoms with Crippen LogP contribution in [0.3, 0.4) is 0 Å². The average Bonchev–Trinajstić information content (AvgIpc) is 3.49. The van der Waals surface area contributed by atoms with Crippen LogP contribution < -0.4 is 4.90 Å². The lowest BCUT2D eigenvalue weighted by molar-refractivity contribution is -0.117. The van der Waals surface area contributed by atoms with Crippen LogP contribution >= 0.6 is 11.3 Å². The van der Waals surface area contributed by atoms with Gasteiger partial charge in [-0.15, -0.1) is 11.3 Å². The first-order valence-corrected chi connectivity index (χ1v) is 10.7. The molecule has 1 amide bonds. The first-order valence-electron chi connectivity index (χ1n) is 9.87. The van der Waals surface area contributed by atoms with Crippen LogP contribution in [0.1, 0.15) is 32.6 Å². The molecule has 0 fully saturated rings. The highest BCUT2D eigenvalue weighted by Gasteiger charge is 2.46. The number of hydrogen-bond acceptors (Lipinski definition) is 5. The third-order valence-corrected chi connectivity index (χ3v) is 6.68. The summed E-state index contributed by atoms with van der Waals surface area (Å²) in [6.45, 7) is 3.90. The molecule has 1 N–H and O–H groups in total. The first-order chi connectivity index (χ1) is 15.0. The number of furan rings is 1. The van der Waals surface area contributed by atoms with Crippen molar-refractivity contribution in [2.24, 2.45) is 0 Å². The number of ketones is 1. The molecule has 0 bridgehead atoms. The van der Waals surface area contributed by atoms with Gasteiger partial charge in [0.05, 0.1) is 5.57 Å². The zero-order chi connectivity index (χ0) is 21.7. The second-order valence-corrected chi connectivity index (χ2v) is 8.53. The van der Waals surface area contributed by atoms with Crippen molar-refractivity contribution in [3.05, 3.63) is 99.1 Å². The predicted molar refractivity (Wildman–Crippen MR) is 121 cm³/mol. The monoisotopic (exact) mass is 429 g/mol. The second-order valence-electron chi connectivity index (χ2n) is 7.55. The van der Waals surface area contributed by atoms with Crippen LogP contribution in [0.5, 0.6) is 0 Å². The van der Waals surface area contributed by atoms with Crippen molar-refractivity contribution < 1.29 is 19.1 Å². The molecule has 1 aliphatic rings. The molecule has 5 nitrogen and oxygen atoms in total. The molecule has 4 aromatic rings. The highest BCUT2D eigenvalue weighted by molar-refractivity contribution is 7.10. The molecule has 31 heavy (non-hydrogen) atoms. The zero-order valence-electron chi connectivity index (χ0n) is 17.0. The number of Topliss-reactive ketones (excluding diaryl/α,β-unsaturated/α-hetero) is 1. The summed E-state index contributed by atoms with van der Waals surface area (Å²) in [6, 6.07) is 17.6. The number of aryl methyl sites for hydroxylation is 1. The molecule has 154 valence electrons. The highest BCUT2D eigenvalue weighted by Crippen LogP contribution is 2.44. The van der Waals surface area contributed by atoms with Gasteiger partial charge in [-0.25, -0.2) is 0 Å². The number of carbonyl (C=O) groups is 2. The Balaban J connectivity index is 1.67. The van der Waals surface area contributed by atoms with Crippen molar-refractivity contribution in [3.8, 4) is 0 Å². The van der Waals surface area contributed by atoms with Crippen molar-refractivity contribution >= 4 is 39.7 Å². The molecular weight excluding hydrogens is 410 g/mol. The number of benzene rings is 2. The summed E-state index contributed by atoms with van der Waals surface area (Å²) in [5.74, 6) is -1.52. The van der Waals surface area contributed by atoms with Crippen LogP contribution in [-0.4, -0.2) is 16.8 Å². The highest BCUT2D eigenvalue weighted by atomic mass is 32.1. The van der Waals surface area contributed by atoms with Gasteiger partial charge in [-0.3, -0.25) is 14.5 Å². The summed E-state index contributed by atoms with van der Waals surface area (Å²) >= 11 is 1.43. The van der Waals surface area contributed by atoms with E-state index in [9.17, 15) is 14.7 Å². The van der Waals surface area contributed by atoms with Gasteiger partial charge in [0.2, 0.25) is 5.78 Å². The number of aliphatic hydroxyl groups is 1. The van der Waals surface area contributed by atoms with Crippen LogP contribution in [0.4, 0.5) is 5.69 Å². The lowest BCUT2D eigenvalue weighted by Gasteiger charge is -2.27. The van der Waals surface area contributed by atoms with Crippen molar-refractivity contribution in [2.45, 2.75) is 19.9 Å². The minimum Gasteiger partial charge on any atom is -0.503 e. The van der Waals surface area contributed by atoms with E-state index < -0.39 is 23.5 Å². The Hall–Kier alpha value is -3.64. The number of anilines is 1. The van der Waals surface area contributed by atoms with Crippen LogP contribution in [0, 0.1) is 13.8 Å². The van der Waals surface area contributed by atoms with Gasteiger partial charge in [0.15, 0.2) is 11.5 Å². The average molecular weight is 429 g/mol. The molecule has 1 atom stereocenters. The summed E-state index contributed by atoms with van der Waals surface area (Å²) in [5, 5.41) is 13.5. The van der Waals surface area contributed by atoms with Gasteiger partial charge in [0.1, 0.15) is 11.6 Å². The molecule has 0 radical (unpaired) electrons. The first kappa shape index (κ1) is 19.3. The van der Waals surface area contributed by atoms with E-state index in [-0.39, 0.29) is 11.3 Å². The van der Waals surface area contributed by atoms with Crippen molar-refractivity contribution in [2.75, 3.05) is 4.90 Å². The molecule has 1 unspecified atom stereocenters. The fourth-order valence-corrected chi connectivity index (χ4v) is 4.85. The van der Waals surface area contributed by atoms with E-state index in [1.54, 1.807) is 12.1 Å². The molecule has 0 aliphatic carbocycles. The molecule has 1 aliphatic heterocycles. The number of fused-ring (bicyclic) bond motifs is 1. The number of para-hydroxylation sites is 1. The van der Waals surface area contributed by atoms with Gasteiger partial charge in [-0.1, -0.05) is 36.4 Å². The van der Waals surface area contributed by atoms with Crippen molar-refractivity contribution in [1.82, 2.24) is 0 Å². The van der Waals surface area contributed by atoms with Crippen LogP contribution in [0.25, 0.3) is 11.0 Å².